The fraction of sp³-hybridized carbons (Fsp3) is 0.611. The second-order valence-electron chi connectivity index (χ2n) is 6.58. The SMILES string of the molecule is CCc1ccccc1CNC(=O)CC1CC2CCC(C1)N2. The minimum Gasteiger partial charge on any atom is -0.352 e. The van der Waals surface area contributed by atoms with Crippen LogP contribution in [0.15, 0.2) is 24.3 Å². The second kappa shape index (κ2) is 6.61. The Morgan fingerprint density at radius 2 is 1.86 bits per heavy atom. The van der Waals surface area contributed by atoms with Crippen molar-refractivity contribution in [3.8, 4) is 0 Å². The highest BCUT2D eigenvalue weighted by molar-refractivity contribution is 5.76. The monoisotopic (exact) mass is 286 g/mol. The molecule has 0 radical (unpaired) electrons. The molecule has 114 valence electrons. The van der Waals surface area contributed by atoms with Gasteiger partial charge in [0.05, 0.1) is 0 Å². The second-order valence-corrected chi connectivity index (χ2v) is 6.58. The third-order valence-corrected chi connectivity index (χ3v) is 5.02. The summed E-state index contributed by atoms with van der Waals surface area (Å²) in [5.74, 6) is 0.789. The largest absolute Gasteiger partial charge is 0.352 e. The van der Waals surface area contributed by atoms with Gasteiger partial charge in [0.2, 0.25) is 5.91 Å². The summed E-state index contributed by atoms with van der Waals surface area (Å²) in [6.45, 7) is 2.83. The molecule has 0 saturated carbocycles. The quantitative estimate of drug-likeness (QED) is 0.874. The highest BCUT2D eigenvalue weighted by Gasteiger charge is 2.34. The number of amides is 1. The first-order valence-corrected chi connectivity index (χ1v) is 8.34. The number of hydrogen-bond acceptors (Lipinski definition) is 2. The Morgan fingerprint density at radius 1 is 1.19 bits per heavy atom. The van der Waals surface area contributed by atoms with Gasteiger partial charge in [-0.15, -0.1) is 0 Å². The summed E-state index contributed by atoms with van der Waals surface area (Å²) in [6.07, 6.45) is 6.66. The number of fused-ring (bicyclic) bond motifs is 2. The van der Waals surface area contributed by atoms with E-state index < -0.39 is 0 Å². The van der Waals surface area contributed by atoms with Crippen LogP contribution in [0.5, 0.6) is 0 Å². The molecule has 2 bridgehead atoms. The zero-order chi connectivity index (χ0) is 14.7. The number of aryl methyl sites for hydroxylation is 1. The summed E-state index contributed by atoms with van der Waals surface area (Å²) in [7, 11) is 0. The van der Waals surface area contributed by atoms with Crippen LogP contribution in [0.1, 0.15) is 50.2 Å². The molecule has 0 aliphatic carbocycles. The van der Waals surface area contributed by atoms with Gasteiger partial charge in [-0.2, -0.15) is 0 Å². The van der Waals surface area contributed by atoms with Crippen LogP contribution < -0.4 is 10.6 Å². The van der Waals surface area contributed by atoms with E-state index in [4.69, 9.17) is 0 Å². The fourth-order valence-corrected chi connectivity index (χ4v) is 3.94. The Balaban J connectivity index is 1.48. The predicted molar refractivity (Wildman–Crippen MR) is 85.0 cm³/mol. The lowest BCUT2D eigenvalue weighted by atomic mass is 9.89. The average molecular weight is 286 g/mol. The van der Waals surface area contributed by atoms with Gasteiger partial charge in [-0.25, -0.2) is 0 Å². The van der Waals surface area contributed by atoms with Crippen LogP contribution in [0.25, 0.3) is 0 Å². The van der Waals surface area contributed by atoms with E-state index in [1.807, 2.05) is 6.07 Å². The topological polar surface area (TPSA) is 41.1 Å². The van der Waals surface area contributed by atoms with Gasteiger partial charge >= 0.3 is 0 Å². The molecular weight excluding hydrogens is 260 g/mol. The average Bonchev–Trinajstić information content (AvgIpc) is 2.84. The summed E-state index contributed by atoms with van der Waals surface area (Å²) in [6, 6.07) is 9.71. The molecule has 2 N–H and O–H groups in total. The predicted octanol–water partition coefficient (Wildman–Crippen LogP) is 2.79. The van der Waals surface area contributed by atoms with E-state index >= 15 is 0 Å². The smallest absolute Gasteiger partial charge is 0.220 e. The number of rotatable bonds is 5. The molecule has 1 amide bonds. The van der Waals surface area contributed by atoms with Gasteiger partial charge in [0.15, 0.2) is 0 Å². The Morgan fingerprint density at radius 3 is 2.52 bits per heavy atom. The molecule has 2 atom stereocenters. The highest BCUT2D eigenvalue weighted by Crippen LogP contribution is 2.32. The van der Waals surface area contributed by atoms with Crippen LogP contribution in [0, 0.1) is 5.92 Å². The van der Waals surface area contributed by atoms with Crippen molar-refractivity contribution in [2.75, 3.05) is 0 Å². The van der Waals surface area contributed by atoms with Gasteiger partial charge in [-0.3, -0.25) is 4.79 Å². The van der Waals surface area contributed by atoms with Gasteiger partial charge in [-0.05, 0) is 49.1 Å². The van der Waals surface area contributed by atoms with Crippen LogP contribution in [-0.2, 0) is 17.8 Å². The van der Waals surface area contributed by atoms with Crippen molar-refractivity contribution in [1.82, 2.24) is 10.6 Å². The van der Waals surface area contributed by atoms with E-state index in [-0.39, 0.29) is 5.91 Å². The van der Waals surface area contributed by atoms with Crippen LogP contribution in [-0.4, -0.2) is 18.0 Å². The molecular formula is C18H26N2O. The van der Waals surface area contributed by atoms with E-state index in [0.29, 0.717) is 31.0 Å². The van der Waals surface area contributed by atoms with Gasteiger partial charge in [0.1, 0.15) is 0 Å². The van der Waals surface area contributed by atoms with Gasteiger partial charge in [-0.1, -0.05) is 31.2 Å². The van der Waals surface area contributed by atoms with Crippen molar-refractivity contribution in [1.29, 1.82) is 0 Å². The lowest BCUT2D eigenvalue weighted by molar-refractivity contribution is -0.122. The Hall–Kier alpha value is -1.35. The van der Waals surface area contributed by atoms with Crippen molar-refractivity contribution in [3.05, 3.63) is 35.4 Å². The molecule has 2 fully saturated rings. The van der Waals surface area contributed by atoms with Crippen LogP contribution in [0.3, 0.4) is 0 Å². The molecule has 21 heavy (non-hydrogen) atoms. The molecule has 2 heterocycles. The molecule has 3 nitrogen and oxygen atoms in total. The van der Waals surface area contributed by atoms with Gasteiger partial charge in [0.25, 0.3) is 0 Å². The van der Waals surface area contributed by atoms with Gasteiger partial charge in [0, 0.05) is 25.0 Å². The Kier molecular flexibility index (Phi) is 4.59. The number of benzene rings is 1. The standard InChI is InChI=1S/C18H26N2O/c1-2-14-5-3-4-6-15(14)12-19-18(21)11-13-9-16-7-8-17(10-13)20-16/h3-6,13,16-17,20H,2,7-12H2,1H3,(H,19,21). The van der Waals surface area contributed by atoms with E-state index in [9.17, 15) is 4.79 Å². The third kappa shape index (κ3) is 3.65. The molecule has 3 heteroatoms. The summed E-state index contributed by atoms with van der Waals surface area (Å²) in [5, 5.41) is 6.75. The third-order valence-electron chi connectivity index (χ3n) is 5.02. The maximum absolute atomic E-state index is 12.2. The van der Waals surface area contributed by atoms with E-state index in [1.54, 1.807) is 0 Å². The first-order chi connectivity index (χ1) is 10.2. The first kappa shape index (κ1) is 14.6. The molecule has 0 aromatic heterocycles. The number of carbonyl (C=O) groups excluding carboxylic acids is 1. The normalized spacial score (nSPS) is 27.6. The molecule has 2 aliphatic rings. The maximum atomic E-state index is 12.2. The number of nitrogens with one attached hydrogen (secondary N) is 2. The van der Waals surface area contributed by atoms with Crippen molar-refractivity contribution in [3.63, 3.8) is 0 Å². The molecule has 2 aliphatic heterocycles. The molecule has 3 rings (SSSR count). The lowest BCUT2D eigenvalue weighted by Crippen LogP contribution is -2.39. The molecule has 0 spiro atoms. The van der Waals surface area contributed by atoms with Crippen molar-refractivity contribution in [2.24, 2.45) is 5.92 Å². The van der Waals surface area contributed by atoms with E-state index in [1.165, 1.54) is 36.8 Å². The molecule has 1 aromatic rings. The minimum atomic E-state index is 0.215. The zero-order valence-electron chi connectivity index (χ0n) is 12.9. The first-order valence-electron chi connectivity index (χ1n) is 8.34. The summed E-state index contributed by atoms with van der Waals surface area (Å²) >= 11 is 0. The van der Waals surface area contributed by atoms with Crippen molar-refractivity contribution in [2.45, 2.75) is 64.1 Å². The summed E-state index contributed by atoms with van der Waals surface area (Å²) < 4.78 is 0. The Bertz CT molecular complexity index is 488. The van der Waals surface area contributed by atoms with Crippen LogP contribution in [0.2, 0.25) is 0 Å². The number of piperidine rings is 1. The highest BCUT2D eigenvalue weighted by atomic mass is 16.1. The maximum Gasteiger partial charge on any atom is 0.220 e. The minimum absolute atomic E-state index is 0.215. The fourth-order valence-electron chi connectivity index (χ4n) is 3.94. The Labute approximate surface area is 127 Å². The van der Waals surface area contributed by atoms with E-state index in [0.717, 1.165) is 6.42 Å². The molecule has 2 saturated heterocycles. The van der Waals surface area contributed by atoms with Gasteiger partial charge < -0.3 is 10.6 Å². The number of carbonyl (C=O) groups is 1. The zero-order valence-corrected chi connectivity index (χ0v) is 12.9. The molecule has 2 unspecified atom stereocenters. The van der Waals surface area contributed by atoms with Crippen molar-refractivity contribution >= 4 is 5.91 Å². The van der Waals surface area contributed by atoms with Crippen LogP contribution in [0.4, 0.5) is 0 Å². The van der Waals surface area contributed by atoms with E-state index in [2.05, 4.69) is 35.8 Å². The summed E-state index contributed by atoms with van der Waals surface area (Å²) in [5.41, 5.74) is 2.58. The van der Waals surface area contributed by atoms with Crippen molar-refractivity contribution < 1.29 is 4.79 Å². The number of hydrogen-bond donors (Lipinski definition) is 2. The summed E-state index contributed by atoms with van der Waals surface area (Å²) in [4.78, 5) is 12.2. The lowest BCUT2D eigenvalue weighted by Gasteiger charge is -2.28. The molecule has 1 aromatic carbocycles. The van der Waals surface area contributed by atoms with Crippen LogP contribution >= 0.6 is 0 Å².